The van der Waals surface area contributed by atoms with Crippen molar-refractivity contribution in [1.29, 1.82) is 0 Å². The van der Waals surface area contributed by atoms with Crippen LogP contribution >= 0.6 is 0 Å². The first-order valence-electron chi connectivity index (χ1n) is 8.40. The first kappa shape index (κ1) is 20.4. The molecule has 0 radical (unpaired) electrons. The molecule has 0 heterocycles. The van der Waals surface area contributed by atoms with Gasteiger partial charge < -0.3 is 10.1 Å². The molecule has 144 valence electrons. The van der Waals surface area contributed by atoms with E-state index in [9.17, 15) is 18.0 Å². The first-order valence-corrected chi connectivity index (χ1v) is 9.84. The molecule has 27 heavy (non-hydrogen) atoms. The predicted octanol–water partition coefficient (Wildman–Crippen LogP) is 2.19. The monoisotopic (exact) mass is 390 g/mol. The number of nitrogens with zero attached hydrogens (tertiary/aromatic N) is 1. The molecular formula is C19H22N2O5S. The number of anilines is 1. The summed E-state index contributed by atoms with van der Waals surface area (Å²) in [5, 5.41) is 2.56. The molecular weight excluding hydrogens is 368 g/mol. The summed E-state index contributed by atoms with van der Waals surface area (Å²) in [6.45, 7) is 3.66. The van der Waals surface area contributed by atoms with Gasteiger partial charge in [-0.05, 0) is 50.2 Å². The van der Waals surface area contributed by atoms with E-state index < -0.39 is 28.0 Å². The third kappa shape index (κ3) is 4.85. The third-order valence-electron chi connectivity index (χ3n) is 3.87. The average molecular weight is 390 g/mol. The molecule has 0 saturated heterocycles. The summed E-state index contributed by atoms with van der Waals surface area (Å²) in [4.78, 5) is 23.8. The quantitative estimate of drug-likeness (QED) is 0.732. The van der Waals surface area contributed by atoms with Gasteiger partial charge in [0.1, 0.15) is 0 Å². The minimum Gasteiger partial charge on any atom is -0.449 e. The van der Waals surface area contributed by atoms with Crippen LogP contribution in [0, 0.1) is 0 Å². The molecule has 0 aliphatic rings. The number of carbonyl (C=O) groups excluding carboxylic acids is 2. The molecule has 8 heteroatoms. The number of benzene rings is 2. The standard InChI is InChI=1S/C19H22N2O5S/c1-4-20-18(22)14(2)26-19(23)15-10-12-17(13-11-15)27(24,25)21(3)16-8-6-5-7-9-16/h5-14H,4H2,1-3H3,(H,20,22)/t14-/m1/s1. The molecule has 0 spiro atoms. The number of sulfonamides is 1. The average Bonchev–Trinajstić information content (AvgIpc) is 2.68. The maximum absolute atomic E-state index is 12.7. The largest absolute Gasteiger partial charge is 0.449 e. The van der Waals surface area contributed by atoms with Gasteiger partial charge in [0.2, 0.25) is 0 Å². The summed E-state index contributed by atoms with van der Waals surface area (Å²) in [5.74, 6) is -1.09. The van der Waals surface area contributed by atoms with Crippen molar-refractivity contribution in [3.05, 3.63) is 60.2 Å². The zero-order valence-electron chi connectivity index (χ0n) is 15.4. The lowest BCUT2D eigenvalue weighted by Gasteiger charge is -2.19. The second-order valence-corrected chi connectivity index (χ2v) is 7.74. The first-order chi connectivity index (χ1) is 12.8. The normalized spacial score (nSPS) is 12.1. The van der Waals surface area contributed by atoms with Gasteiger partial charge in [0.25, 0.3) is 15.9 Å². The Bertz CT molecular complexity index is 895. The van der Waals surface area contributed by atoms with Crippen molar-refractivity contribution in [2.45, 2.75) is 24.8 Å². The molecule has 1 atom stereocenters. The Kier molecular flexibility index (Phi) is 6.57. The number of rotatable bonds is 7. The van der Waals surface area contributed by atoms with Crippen LogP contribution in [-0.4, -0.2) is 40.0 Å². The molecule has 0 fully saturated rings. The summed E-state index contributed by atoms with van der Waals surface area (Å²) in [6.07, 6.45) is -0.940. The number of ether oxygens (including phenoxy) is 1. The van der Waals surface area contributed by atoms with Gasteiger partial charge in [-0.1, -0.05) is 18.2 Å². The zero-order valence-corrected chi connectivity index (χ0v) is 16.2. The molecule has 7 nitrogen and oxygen atoms in total. The highest BCUT2D eigenvalue weighted by atomic mass is 32.2. The summed E-state index contributed by atoms with van der Waals surface area (Å²) in [6, 6.07) is 14.1. The van der Waals surface area contributed by atoms with Gasteiger partial charge in [-0.3, -0.25) is 9.10 Å². The Morgan fingerprint density at radius 2 is 1.67 bits per heavy atom. The van der Waals surface area contributed by atoms with Gasteiger partial charge >= 0.3 is 5.97 Å². The van der Waals surface area contributed by atoms with Gasteiger partial charge in [0.05, 0.1) is 16.1 Å². The lowest BCUT2D eigenvalue weighted by molar-refractivity contribution is -0.128. The van der Waals surface area contributed by atoms with E-state index in [0.29, 0.717) is 12.2 Å². The highest BCUT2D eigenvalue weighted by Crippen LogP contribution is 2.22. The Labute approximate surface area is 159 Å². The maximum Gasteiger partial charge on any atom is 0.338 e. The fourth-order valence-corrected chi connectivity index (χ4v) is 3.49. The maximum atomic E-state index is 12.7. The van der Waals surface area contributed by atoms with Crippen molar-refractivity contribution >= 4 is 27.6 Å². The van der Waals surface area contributed by atoms with Gasteiger partial charge in [0, 0.05) is 13.6 Å². The number of para-hydroxylation sites is 1. The van der Waals surface area contributed by atoms with E-state index in [-0.39, 0.29) is 10.5 Å². The van der Waals surface area contributed by atoms with Crippen molar-refractivity contribution < 1.29 is 22.7 Å². The van der Waals surface area contributed by atoms with Crippen LogP contribution < -0.4 is 9.62 Å². The van der Waals surface area contributed by atoms with E-state index in [1.807, 2.05) is 0 Å². The van der Waals surface area contributed by atoms with Crippen molar-refractivity contribution in [1.82, 2.24) is 5.32 Å². The number of esters is 1. The molecule has 1 amide bonds. The highest BCUT2D eigenvalue weighted by Gasteiger charge is 2.22. The van der Waals surface area contributed by atoms with E-state index >= 15 is 0 Å². The summed E-state index contributed by atoms with van der Waals surface area (Å²) < 4.78 is 31.7. The van der Waals surface area contributed by atoms with E-state index in [4.69, 9.17) is 4.74 Å². The topological polar surface area (TPSA) is 92.8 Å². The van der Waals surface area contributed by atoms with Crippen LogP contribution in [0.2, 0.25) is 0 Å². The van der Waals surface area contributed by atoms with Crippen LogP contribution in [0.25, 0.3) is 0 Å². The van der Waals surface area contributed by atoms with Crippen molar-refractivity contribution in [2.75, 3.05) is 17.9 Å². The smallest absolute Gasteiger partial charge is 0.338 e. The molecule has 0 aliphatic heterocycles. The van der Waals surface area contributed by atoms with Gasteiger partial charge in [-0.2, -0.15) is 0 Å². The van der Waals surface area contributed by atoms with E-state index in [1.54, 1.807) is 37.3 Å². The molecule has 2 rings (SSSR count). The summed E-state index contributed by atoms with van der Waals surface area (Å²) >= 11 is 0. The fraction of sp³-hybridized carbons (Fsp3) is 0.263. The van der Waals surface area contributed by atoms with Crippen molar-refractivity contribution in [2.24, 2.45) is 0 Å². The molecule has 1 N–H and O–H groups in total. The highest BCUT2D eigenvalue weighted by molar-refractivity contribution is 7.92. The molecule has 0 aliphatic carbocycles. The van der Waals surface area contributed by atoms with Crippen molar-refractivity contribution in [3.8, 4) is 0 Å². The van der Waals surface area contributed by atoms with E-state index in [1.165, 1.54) is 38.2 Å². The second-order valence-electron chi connectivity index (χ2n) is 5.77. The number of hydrogen-bond acceptors (Lipinski definition) is 5. The molecule has 2 aromatic carbocycles. The molecule has 0 aromatic heterocycles. The van der Waals surface area contributed by atoms with Crippen LogP contribution in [0.5, 0.6) is 0 Å². The zero-order chi connectivity index (χ0) is 20.0. The molecule has 0 bridgehead atoms. The Morgan fingerprint density at radius 3 is 2.22 bits per heavy atom. The lowest BCUT2D eigenvalue weighted by Crippen LogP contribution is -2.35. The number of likely N-dealkylation sites (N-methyl/N-ethyl adjacent to an activating group) is 1. The number of nitrogens with one attached hydrogen (secondary N) is 1. The van der Waals surface area contributed by atoms with Crippen LogP contribution in [0.1, 0.15) is 24.2 Å². The van der Waals surface area contributed by atoms with Crippen molar-refractivity contribution in [3.63, 3.8) is 0 Å². The van der Waals surface area contributed by atoms with Crippen LogP contribution in [0.4, 0.5) is 5.69 Å². The Morgan fingerprint density at radius 1 is 1.07 bits per heavy atom. The molecule has 2 aromatic rings. The predicted molar refractivity (Wildman–Crippen MR) is 102 cm³/mol. The van der Waals surface area contributed by atoms with Crippen LogP contribution in [0.15, 0.2) is 59.5 Å². The van der Waals surface area contributed by atoms with Crippen LogP contribution in [-0.2, 0) is 19.6 Å². The summed E-state index contributed by atoms with van der Waals surface area (Å²) in [5.41, 5.74) is 0.684. The molecule has 0 saturated carbocycles. The minimum absolute atomic E-state index is 0.0437. The van der Waals surface area contributed by atoms with Gasteiger partial charge in [-0.25, -0.2) is 13.2 Å². The Balaban J connectivity index is 2.14. The third-order valence-corrected chi connectivity index (χ3v) is 5.67. The fourth-order valence-electron chi connectivity index (χ4n) is 2.30. The lowest BCUT2D eigenvalue weighted by atomic mass is 10.2. The molecule has 0 unspecified atom stereocenters. The van der Waals surface area contributed by atoms with E-state index in [2.05, 4.69) is 5.32 Å². The summed E-state index contributed by atoms with van der Waals surface area (Å²) in [7, 11) is -2.30. The van der Waals surface area contributed by atoms with Gasteiger partial charge in [-0.15, -0.1) is 0 Å². The van der Waals surface area contributed by atoms with Gasteiger partial charge in [0.15, 0.2) is 6.10 Å². The minimum atomic E-state index is -3.76. The number of carbonyl (C=O) groups is 2. The van der Waals surface area contributed by atoms with E-state index in [0.717, 1.165) is 4.31 Å². The van der Waals surface area contributed by atoms with Crippen LogP contribution in [0.3, 0.4) is 0 Å². The number of hydrogen-bond donors (Lipinski definition) is 1. The Hall–Kier alpha value is -2.87. The number of amides is 1. The second kappa shape index (κ2) is 8.68. The SMILES string of the molecule is CCNC(=O)[C@@H](C)OC(=O)c1ccc(S(=O)(=O)N(C)c2ccccc2)cc1.